The zero-order chi connectivity index (χ0) is 52.3. The van der Waals surface area contributed by atoms with Crippen LogP contribution >= 0.6 is 22.9 Å². The van der Waals surface area contributed by atoms with Gasteiger partial charge in [0.05, 0.1) is 44.9 Å². The van der Waals surface area contributed by atoms with Crippen LogP contribution in [-0.4, -0.2) is 95.3 Å². The summed E-state index contributed by atoms with van der Waals surface area (Å²) in [6, 6.07) is 20.2. The van der Waals surface area contributed by atoms with Crippen LogP contribution in [0.3, 0.4) is 0 Å². The van der Waals surface area contributed by atoms with Crippen LogP contribution in [0.2, 0.25) is 5.02 Å². The van der Waals surface area contributed by atoms with Gasteiger partial charge in [-0.05, 0) is 65.4 Å². The van der Waals surface area contributed by atoms with Crippen LogP contribution in [0, 0.1) is 46.1 Å². The van der Waals surface area contributed by atoms with E-state index in [1.807, 2.05) is 65.0 Å². The van der Waals surface area contributed by atoms with Gasteiger partial charge in [-0.2, -0.15) is 5.26 Å². The van der Waals surface area contributed by atoms with Crippen molar-refractivity contribution in [2.45, 2.75) is 98.7 Å². The van der Waals surface area contributed by atoms with Crippen LogP contribution in [0.1, 0.15) is 82.1 Å². The Labute approximate surface area is 427 Å². The highest BCUT2D eigenvalue weighted by atomic mass is 35.5. The number of hydrogen-bond acceptors (Lipinski definition) is 11. The molecule has 0 bridgehead atoms. The molecule has 4 amide bonds. The van der Waals surface area contributed by atoms with E-state index in [9.17, 15) is 29.5 Å². The number of halogens is 3. The molecule has 14 nitrogen and oxygen atoms in total. The van der Waals surface area contributed by atoms with Crippen molar-refractivity contribution in [2.75, 3.05) is 26.4 Å². The number of aliphatic hydroxyl groups is 1. The van der Waals surface area contributed by atoms with Crippen molar-refractivity contribution in [3.63, 3.8) is 0 Å². The number of thiazole rings is 1. The molecular formula is C54H59ClF2N6O8S. The van der Waals surface area contributed by atoms with Crippen molar-refractivity contribution < 1.29 is 47.3 Å². The minimum atomic E-state index is -1.04. The van der Waals surface area contributed by atoms with Gasteiger partial charge in [-0.3, -0.25) is 19.2 Å². The summed E-state index contributed by atoms with van der Waals surface area (Å²) in [5.74, 6) is -3.15. The Balaban J connectivity index is 0.866. The molecule has 0 unspecified atom stereocenters. The first-order valence-electron chi connectivity index (χ1n) is 23.5. The molecule has 1 saturated carbocycles. The lowest BCUT2D eigenvalue weighted by atomic mass is 9.49. The van der Waals surface area contributed by atoms with E-state index in [0.29, 0.717) is 17.1 Å². The summed E-state index contributed by atoms with van der Waals surface area (Å²) in [5.41, 5.74) is 2.69. The van der Waals surface area contributed by atoms with Gasteiger partial charge < -0.3 is 40.2 Å². The molecule has 0 radical (unpaired) electrons. The third-order valence-electron chi connectivity index (χ3n) is 13.3. The molecule has 4 aromatic carbocycles. The van der Waals surface area contributed by atoms with E-state index in [-0.39, 0.29) is 60.5 Å². The van der Waals surface area contributed by atoms with Gasteiger partial charge in [-0.25, -0.2) is 13.8 Å². The van der Waals surface area contributed by atoms with Crippen molar-refractivity contribution in [3.05, 3.63) is 123 Å². The summed E-state index contributed by atoms with van der Waals surface area (Å²) in [4.78, 5) is 60.7. The Morgan fingerprint density at radius 2 is 1.58 bits per heavy atom. The largest absolute Gasteiger partial charge is 0.491 e. The van der Waals surface area contributed by atoms with Crippen LogP contribution in [0.15, 0.2) is 84.4 Å². The Kier molecular flexibility index (Phi) is 16.1. The molecule has 1 aliphatic heterocycles. The van der Waals surface area contributed by atoms with E-state index in [2.05, 4.69) is 20.9 Å². The van der Waals surface area contributed by atoms with Crippen molar-refractivity contribution >= 4 is 46.6 Å². The lowest BCUT2D eigenvalue weighted by Crippen LogP contribution is -2.74. The van der Waals surface area contributed by atoms with E-state index in [0.717, 1.165) is 33.8 Å². The van der Waals surface area contributed by atoms with E-state index in [1.165, 1.54) is 29.2 Å². The zero-order valence-corrected chi connectivity index (χ0v) is 43.0. The average molecular weight is 1030 g/mol. The maximum absolute atomic E-state index is 15.6. The predicted molar refractivity (Wildman–Crippen MR) is 269 cm³/mol. The number of amides is 4. The number of nitrogens with one attached hydrogen (secondary N) is 3. The molecule has 1 aromatic heterocycles. The molecule has 1 aliphatic carbocycles. The number of aryl methyl sites for hydroxylation is 1. The molecule has 5 aromatic rings. The predicted octanol–water partition coefficient (Wildman–Crippen LogP) is 8.41. The smallest absolute Gasteiger partial charge is 0.251 e. The van der Waals surface area contributed by atoms with E-state index >= 15 is 8.78 Å². The highest BCUT2D eigenvalue weighted by Gasteiger charge is 2.64. The zero-order valence-electron chi connectivity index (χ0n) is 41.4. The summed E-state index contributed by atoms with van der Waals surface area (Å²) < 4.78 is 48.8. The Morgan fingerprint density at radius 1 is 0.944 bits per heavy atom. The molecule has 72 heavy (non-hydrogen) atoms. The highest BCUT2D eigenvalue weighted by Crippen LogP contribution is 2.55. The number of carbonyl (C=O) groups excluding carboxylic acids is 4. The van der Waals surface area contributed by atoms with Crippen LogP contribution < -0.4 is 25.4 Å². The molecule has 1 saturated heterocycles. The maximum Gasteiger partial charge on any atom is 0.251 e. The molecule has 380 valence electrons. The Morgan fingerprint density at radius 3 is 2.18 bits per heavy atom. The lowest BCUT2D eigenvalue weighted by Gasteiger charge is -2.63. The summed E-state index contributed by atoms with van der Waals surface area (Å²) in [7, 11) is 0. The van der Waals surface area contributed by atoms with Gasteiger partial charge in [-0.1, -0.05) is 96.5 Å². The number of rotatable bonds is 17. The summed E-state index contributed by atoms with van der Waals surface area (Å²) >= 11 is 7.76. The van der Waals surface area contributed by atoms with Crippen LogP contribution in [0.5, 0.6) is 11.5 Å². The molecule has 18 heteroatoms. The number of β-amino-alcohol motifs (C(OH)–C–C–N with tert-alkyl or cyclic N) is 1. The summed E-state index contributed by atoms with van der Waals surface area (Å²) in [6.07, 6.45) is -1.24. The standard InChI is InChI=1S/C54H59ClF2N6O8S/c1-30-45(72-29-60-30)33-11-9-31(10-12-33)26-59-48(67)42-23-36(64)27-63(42)49(68)46(52(2,3)4)61-43(65)28-69-19-20-70-37-16-13-32(14-17-37)44-40(56)21-35(22-41(44)57)47(66)62-50-53(5,6)51(54(50,7)8)71-38-18-15-34(25-58)39(55)24-38/h9-18,21-22,24,29,36,42,46,50-51,64H,19-20,23,26-28H2,1-8H3,(H,59,67)(H,61,65)(H,62,66)/t36-,42+,46-,50-,51-/m1/s1. The fourth-order valence-corrected chi connectivity index (χ4v) is 10.9. The fraction of sp³-hybridized carbons (Fsp3) is 0.407. The van der Waals surface area contributed by atoms with Gasteiger partial charge >= 0.3 is 0 Å². The summed E-state index contributed by atoms with van der Waals surface area (Å²) in [6.45, 7) is 14.8. The second-order valence-corrected chi connectivity index (χ2v) is 21.7. The van der Waals surface area contributed by atoms with Gasteiger partial charge in [0, 0.05) is 48.0 Å². The summed E-state index contributed by atoms with van der Waals surface area (Å²) in [5, 5.41) is 28.7. The van der Waals surface area contributed by atoms with E-state index < -0.39 is 82.3 Å². The third-order valence-corrected chi connectivity index (χ3v) is 14.6. The molecular weight excluding hydrogens is 966 g/mol. The SMILES string of the molecule is Cc1ncsc1-c1ccc(CNC(=O)[C@@H]2C[C@@H](O)CN2C(=O)[C@@H](NC(=O)COCCOc2ccc(-c3c(F)cc(C(=O)N[C@H]4C(C)(C)[C@H](Oc5ccc(C#N)c(Cl)c5)C4(C)C)cc3F)cc2)C(C)(C)C)cc1. The highest BCUT2D eigenvalue weighted by molar-refractivity contribution is 7.13. The van der Waals surface area contributed by atoms with Crippen LogP contribution in [-0.2, 0) is 25.7 Å². The number of ether oxygens (including phenoxy) is 3. The first kappa shape index (κ1) is 53.4. The first-order chi connectivity index (χ1) is 34.0. The number of nitriles is 1. The van der Waals surface area contributed by atoms with Crippen LogP contribution in [0.25, 0.3) is 21.6 Å². The van der Waals surface area contributed by atoms with Gasteiger partial charge in [0.25, 0.3) is 5.91 Å². The number of carbonyl (C=O) groups is 4. The molecule has 0 spiro atoms. The number of likely N-dealkylation sites (tertiary alicyclic amines) is 1. The van der Waals surface area contributed by atoms with Crippen molar-refractivity contribution in [1.29, 1.82) is 5.26 Å². The van der Waals surface area contributed by atoms with E-state index in [4.69, 9.17) is 25.8 Å². The van der Waals surface area contributed by atoms with Crippen LogP contribution in [0.4, 0.5) is 8.78 Å². The topological polar surface area (TPSA) is 192 Å². The minimum absolute atomic E-state index is 0.0147. The molecule has 4 N–H and O–H groups in total. The third kappa shape index (κ3) is 11.7. The van der Waals surface area contributed by atoms with Crippen molar-refractivity contribution in [2.24, 2.45) is 16.2 Å². The molecule has 3 atom stereocenters. The van der Waals surface area contributed by atoms with Crippen molar-refractivity contribution in [1.82, 2.24) is 25.8 Å². The average Bonchev–Trinajstić information content (AvgIpc) is 3.95. The minimum Gasteiger partial charge on any atom is -0.491 e. The number of benzene rings is 4. The Hall–Kier alpha value is -6.45. The van der Waals surface area contributed by atoms with Gasteiger partial charge in [0.15, 0.2) is 0 Å². The number of aliphatic hydroxyl groups excluding tert-OH is 1. The fourth-order valence-electron chi connectivity index (χ4n) is 9.87. The van der Waals surface area contributed by atoms with Crippen molar-refractivity contribution in [3.8, 4) is 39.1 Å². The first-order valence-corrected chi connectivity index (χ1v) is 24.8. The lowest BCUT2D eigenvalue weighted by molar-refractivity contribution is -0.164. The quantitative estimate of drug-likeness (QED) is 0.0658. The molecule has 7 rings (SSSR count). The molecule has 2 aliphatic rings. The monoisotopic (exact) mass is 1020 g/mol. The molecule has 2 fully saturated rings. The molecule has 2 heterocycles. The second kappa shape index (κ2) is 21.7. The number of aromatic nitrogens is 1. The van der Waals surface area contributed by atoms with Gasteiger partial charge in [0.2, 0.25) is 17.7 Å². The van der Waals surface area contributed by atoms with Gasteiger partial charge in [0.1, 0.15) is 60.6 Å². The second-order valence-electron chi connectivity index (χ2n) is 20.5. The normalized spacial score (nSPS) is 19.3. The number of nitrogens with zero attached hydrogens (tertiary/aromatic N) is 3. The Bertz CT molecular complexity index is 2820. The van der Waals surface area contributed by atoms with Gasteiger partial charge in [-0.15, -0.1) is 11.3 Å². The number of hydrogen-bond donors (Lipinski definition) is 4. The maximum atomic E-state index is 15.6. The van der Waals surface area contributed by atoms with E-state index in [1.54, 1.807) is 55.8 Å².